The smallest absolute Gasteiger partial charge is 0.234 e. The van der Waals surface area contributed by atoms with Crippen molar-refractivity contribution >= 4 is 5.91 Å². The molecule has 0 aliphatic heterocycles. The van der Waals surface area contributed by atoms with Crippen molar-refractivity contribution in [1.82, 2.24) is 10.2 Å². The zero-order chi connectivity index (χ0) is 11.5. The van der Waals surface area contributed by atoms with E-state index in [1.807, 2.05) is 18.7 Å². The fourth-order valence-corrected chi connectivity index (χ4v) is 1.18. The molecule has 0 unspecified atom stereocenters. The number of amides is 1. The van der Waals surface area contributed by atoms with Crippen molar-refractivity contribution in [3.05, 3.63) is 0 Å². The van der Waals surface area contributed by atoms with Gasteiger partial charge in [-0.15, -0.1) is 0 Å². The quantitative estimate of drug-likeness (QED) is 0.507. The highest BCUT2D eigenvalue weighted by molar-refractivity contribution is 5.77. The molecule has 0 aromatic carbocycles. The highest BCUT2D eigenvalue weighted by atomic mass is 16.5. The van der Waals surface area contributed by atoms with E-state index in [-0.39, 0.29) is 5.91 Å². The molecule has 0 atom stereocenters. The summed E-state index contributed by atoms with van der Waals surface area (Å²) in [6, 6.07) is 0. The molecule has 0 rings (SSSR count). The van der Waals surface area contributed by atoms with E-state index in [4.69, 9.17) is 10.5 Å². The number of rotatable bonds is 9. The van der Waals surface area contributed by atoms with Gasteiger partial charge in [-0.25, -0.2) is 0 Å². The van der Waals surface area contributed by atoms with E-state index in [2.05, 4.69) is 5.32 Å². The maximum absolute atomic E-state index is 11.3. The number of carbonyl (C=O) groups excluding carboxylic acids is 1. The van der Waals surface area contributed by atoms with Crippen molar-refractivity contribution in [3.63, 3.8) is 0 Å². The van der Waals surface area contributed by atoms with Crippen LogP contribution >= 0.6 is 0 Å². The van der Waals surface area contributed by atoms with Crippen LogP contribution in [0.2, 0.25) is 0 Å². The van der Waals surface area contributed by atoms with Crippen LogP contribution in [0.15, 0.2) is 0 Å². The highest BCUT2D eigenvalue weighted by Gasteiger charge is 2.07. The molecule has 0 spiro atoms. The first-order valence-electron chi connectivity index (χ1n) is 5.51. The number of nitrogens with zero attached hydrogens (tertiary/aromatic N) is 1. The SMILES string of the molecule is CCNC(=O)CN(CC)CCOCCN. The summed E-state index contributed by atoms with van der Waals surface area (Å²) in [5.41, 5.74) is 5.30. The standard InChI is InChI=1S/C10H23N3O2/c1-3-12-10(14)9-13(4-2)6-8-15-7-5-11/h3-9,11H2,1-2H3,(H,12,14). The largest absolute Gasteiger partial charge is 0.379 e. The molecule has 0 heterocycles. The van der Waals surface area contributed by atoms with E-state index in [0.29, 0.717) is 32.8 Å². The van der Waals surface area contributed by atoms with Gasteiger partial charge in [-0.05, 0) is 13.5 Å². The van der Waals surface area contributed by atoms with E-state index in [9.17, 15) is 4.79 Å². The summed E-state index contributed by atoms with van der Waals surface area (Å²) < 4.78 is 5.26. The Kier molecular flexibility index (Phi) is 9.46. The van der Waals surface area contributed by atoms with Crippen molar-refractivity contribution < 1.29 is 9.53 Å². The zero-order valence-electron chi connectivity index (χ0n) is 9.79. The lowest BCUT2D eigenvalue weighted by Crippen LogP contribution is -2.38. The van der Waals surface area contributed by atoms with Crippen LogP contribution in [0, 0.1) is 0 Å². The van der Waals surface area contributed by atoms with E-state index < -0.39 is 0 Å². The van der Waals surface area contributed by atoms with Gasteiger partial charge in [0.2, 0.25) is 5.91 Å². The summed E-state index contributed by atoms with van der Waals surface area (Å²) in [5, 5.41) is 2.77. The summed E-state index contributed by atoms with van der Waals surface area (Å²) in [7, 11) is 0. The number of nitrogens with two attached hydrogens (primary N) is 1. The fraction of sp³-hybridized carbons (Fsp3) is 0.900. The van der Waals surface area contributed by atoms with Crippen molar-refractivity contribution in [1.29, 1.82) is 0 Å². The lowest BCUT2D eigenvalue weighted by atomic mass is 10.4. The molecule has 0 aliphatic rings. The maximum Gasteiger partial charge on any atom is 0.234 e. The molecule has 5 heteroatoms. The summed E-state index contributed by atoms with van der Waals surface area (Å²) in [6.07, 6.45) is 0. The van der Waals surface area contributed by atoms with Gasteiger partial charge in [-0.2, -0.15) is 0 Å². The third-order valence-electron chi connectivity index (χ3n) is 2.00. The minimum absolute atomic E-state index is 0.0678. The Bertz CT molecular complexity index is 165. The molecular weight excluding hydrogens is 194 g/mol. The summed E-state index contributed by atoms with van der Waals surface area (Å²) >= 11 is 0. The van der Waals surface area contributed by atoms with Gasteiger partial charge in [0, 0.05) is 19.6 Å². The van der Waals surface area contributed by atoms with Crippen LogP contribution in [0.4, 0.5) is 0 Å². The van der Waals surface area contributed by atoms with Crippen LogP contribution in [0.1, 0.15) is 13.8 Å². The lowest BCUT2D eigenvalue weighted by molar-refractivity contribution is -0.122. The summed E-state index contributed by atoms with van der Waals surface area (Å²) in [4.78, 5) is 13.3. The first kappa shape index (κ1) is 14.3. The predicted molar refractivity (Wildman–Crippen MR) is 60.7 cm³/mol. The first-order valence-corrected chi connectivity index (χ1v) is 5.51. The van der Waals surface area contributed by atoms with Gasteiger partial charge in [0.25, 0.3) is 0 Å². The van der Waals surface area contributed by atoms with Gasteiger partial charge in [-0.1, -0.05) is 6.92 Å². The zero-order valence-corrected chi connectivity index (χ0v) is 9.79. The molecule has 0 fully saturated rings. The van der Waals surface area contributed by atoms with Crippen LogP contribution in [-0.4, -0.2) is 56.7 Å². The van der Waals surface area contributed by atoms with Crippen molar-refractivity contribution in [2.45, 2.75) is 13.8 Å². The van der Waals surface area contributed by atoms with Gasteiger partial charge >= 0.3 is 0 Å². The average Bonchev–Trinajstić information content (AvgIpc) is 2.23. The van der Waals surface area contributed by atoms with Crippen molar-refractivity contribution in [2.75, 3.05) is 45.9 Å². The Morgan fingerprint density at radius 2 is 2.13 bits per heavy atom. The van der Waals surface area contributed by atoms with E-state index in [1.165, 1.54) is 0 Å². The highest BCUT2D eigenvalue weighted by Crippen LogP contribution is 1.88. The van der Waals surface area contributed by atoms with Crippen molar-refractivity contribution in [2.24, 2.45) is 5.73 Å². The van der Waals surface area contributed by atoms with E-state index >= 15 is 0 Å². The molecule has 0 saturated carbocycles. The molecule has 0 aliphatic carbocycles. The molecule has 0 bridgehead atoms. The normalized spacial score (nSPS) is 10.7. The molecule has 1 amide bonds. The van der Waals surface area contributed by atoms with Crippen LogP contribution < -0.4 is 11.1 Å². The molecule has 0 saturated heterocycles. The predicted octanol–water partition coefficient (Wildman–Crippen LogP) is -0.580. The average molecular weight is 217 g/mol. The van der Waals surface area contributed by atoms with Crippen LogP contribution in [-0.2, 0) is 9.53 Å². The van der Waals surface area contributed by atoms with Gasteiger partial charge in [0.1, 0.15) is 0 Å². The van der Waals surface area contributed by atoms with Crippen LogP contribution in [0.5, 0.6) is 0 Å². The molecular formula is C10H23N3O2. The fourth-order valence-electron chi connectivity index (χ4n) is 1.18. The molecule has 5 nitrogen and oxygen atoms in total. The Morgan fingerprint density at radius 3 is 2.67 bits per heavy atom. The Labute approximate surface area is 91.9 Å². The monoisotopic (exact) mass is 217 g/mol. The molecule has 0 radical (unpaired) electrons. The Hall–Kier alpha value is -0.650. The minimum atomic E-state index is 0.0678. The third-order valence-corrected chi connectivity index (χ3v) is 2.00. The van der Waals surface area contributed by atoms with Crippen LogP contribution in [0.3, 0.4) is 0 Å². The third kappa shape index (κ3) is 8.35. The lowest BCUT2D eigenvalue weighted by Gasteiger charge is -2.19. The second-order valence-corrected chi connectivity index (χ2v) is 3.22. The number of ether oxygens (including phenoxy) is 1. The van der Waals surface area contributed by atoms with Gasteiger partial charge in [0.15, 0.2) is 0 Å². The van der Waals surface area contributed by atoms with Crippen LogP contribution in [0.25, 0.3) is 0 Å². The topological polar surface area (TPSA) is 67.6 Å². The number of hydrogen-bond donors (Lipinski definition) is 2. The second-order valence-electron chi connectivity index (χ2n) is 3.22. The van der Waals surface area contributed by atoms with E-state index in [0.717, 1.165) is 13.1 Å². The maximum atomic E-state index is 11.3. The summed E-state index contributed by atoms with van der Waals surface area (Å²) in [6.45, 7) is 8.44. The molecule has 3 N–H and O–H groups in total. The Balaban J connectivity index is 3.58. The molecule has 0 aromatic heterocycles. The number of likely N-dealkylation sites (N-methyl/N-ethyl adjacent to an activating group) is 2. The second kappa shape index (κ2) is 9.89. The van der Waals surface area contributed by atoms with Gasteiger partial charge in [0.05, 0.1) is 19.8 Å². The molecule has 15 heavy (non-hydrogen) atoms. The molecule has 0 aromatic rings. The number of nitrogens with one attached hydrogen (secondary N) is 1. The van der Waals surface area contributed by atoms with Gasteiger partial charge < -0.3 is 15.8 Å². The number of hydrogen-bond acceptors (Lipinski definition) is 4. The van der Waals surface area contributed by atoms with E-state index in [1.54, 1.807) is 0 Å². The minimum Gasteiger partial charge on any atom is -0.379 e. The summed E-state index contributed by atoms with van der Waals surface area (Å²) in [5.74, 6) is 0.0678. The first-order chi connectivity index (χ1) is 7.24. The van der Waals surface area contributed by atoms with Crippen molar-refractivity contribution in [3.8, 4) is 0 Å². The Morgan fingerprint density at radius 1 is 1.40 bits per heavy atom. The van der Waals surface area contributed by atoms with Gasteiger partial charge in [-0.3, -0.25) is 9.69 Å². The number of carbonyl (C=O) groups is 1. The molecule has 90 valence electrons.